The smallest absolute Gasteiger partial charge is 0.475 e. The second-order valence-corrected chi connectivity index (χ2v) is 9.79. The van der Waals surface area contributed by atoms with E-state index in [1.165, 1.54) is 24.8 Å². The van der Waals surface area contributed by atoms with Crippen LogP contribution in [-0.2, 0) is 38.3 Å². The predicted molar refractivity (Wildman–Crippen MR) is 155 cm³/mol. The minimum absolute atomic E-state index is 0.00100. The summed E-state index contributed by atoms with van der Waals surface area (Å²) in [5, 5.41) is 14.9. The molecule has 1 aliphatic heterocycles. The quantitative estimate of drug-likeness (QED) is 0.0441. The SMILES string of the molecule is CCOC(=O)/C=C/[C@H](CCC(N)=O)NC(=O)[C@H](CCN=C(N)N)NC(=O)[C@H](C)NC(=O)[C@@H]1CCCN1C(C)=O.O=C(O)C(F)(F)F. The Balaban J connectivity index is 0.00000258. The Labute approximate surface area is 262 Å². The van der Waals surface area contributed by atoms with Crippen molar-refractivity contribution < 1.29 is 56.6 Å². The molecule has 1 fully saturated rings. The van der Waals surface area contributed by atoms with Gasteiger partial charge in [0.25, 0.3) is 0 Å². The van der Waals surface area contributed by atoms with Crippen molar-refractivity contribution >= 4 is 47.4 Å². The molecule has 260 valence electrons. The molecule has 0 aromatic rings. The summed E-state index contributed by atoms with van der Waals surface area (Å²) >= 11 is 0. The van der Waals surface area contributed by atoms with Crippen molar-refractivity contribution in [1.29, 1.82) is 0 Å². The summed E-state index contributed by atoms with van der Waals surface area (Å²) in [6.45, 7) is 5.08. The molecule has 1 aliphatic rings. The molecule has 0 spiro atoms. The number of aliphatic carboxylic acids is 1. The molecule has 4 atom stereocenters. The van der Waals surface area contributed by atoms with Crippen LogP contribution < -0.4 is 33.2 Å². The Kier molecular flexibility index (Phi) is 18.0. The summed E-state index contributed by atoms with van der Waals surface area (Å²) in [6, 6.07) is -3.61. The molecule has 0 saturated carbocycles. The number of carboxylic acids is 1. The van der Waals surface area contributed by atoms with Crippen molar-refractivity contribution in [1.82, 2.24) is 20.9 Å². The number of halogens is 3. The van der Waals surface area contributed by atoms with E-state index in [9.17, 15) is 41.9 Å². The van der Waals surface area contributed by atoms with Gasteiger partial charge in [0.1, 0.15) is 18.1 Å². The van der Waals surface area contributed by atoms with Crippen LogP contribution in [0, 0.1) is 0 Å². The number of nitrogens with one attached hydrogen (secondary N) is 3. The van der Waals surface area contributed by atoms with Crippen molar-refractivity contribution in [2.24, 2.45) is 22.2 Å². The van der Waals surface area contributed by atoms with E-state index in [-0.39, 0.29) is 44.3 Å². The van der Waals surface area contributed by atoms with E-state index in [2.05, 4.69) is 20.9 Å². The van der Waals surface area contributed by atoms with Crippen molar-refractivity contribution in [3.63, 3.8) is 0 Å². The van der Waals surface area contributed by atoms with Crippen molar-refractivity contribution in [3.8, 4) is 0 Å². The van der Waals surface area contributed by atoms with Crippen LogP contribution in [0.25, 0.3) is 0 Å². The molecule has 0 bridgehead atoms. The second kappa shape index (κ2) is 20.2. The fourth-order valence-corrected chi connectivity index (χ4v) is 3.86. The zero-order valence-electron chi connectivity index (χ0n) is 25.6. The maximum Gasteiger partial charge on any atom is 0.490 e. The van der Waals surface area contributed by atoms with Crippen LogP contribution in [0.4, 0.5) is 13.2 Å². The normalized spacial score (nSPS) is 16.1. The standard InChI is InChI=1S/C24H40N8O7.C2HF3O2/c1-4-39-20(35)10-8-16(7-9-19(25)34)30-22(37)17(11-12-28-24(26)27)31-21(36)14(2)29-23(38)18-6-5-13-32(18)15(3)33;3-2(4,5)1(6)7/h8,10,14,16-18H,4-7,9,11-13H2,1-3H3,(H2,25,34)(H,29,38)(H,30,37)(H,31,36)(H4,26,27,28);(H,6,7)/b10-8+;/t14-,16-,17-,18-;/m0./s1. The summed E-state index contributed by atoms with van der Waals surface area (Å²) in [4.78, 5) is 87.6. The number of nitrogens with zero attached hydrogens (tertiary/aromatic N) is 2. The number of rotatable bonds is 15. The molecule has 1 heterocycles. The van der Waals surface area contributed by atoms with E-state index in [1.54, 1.807) is 6.92 Å². The molecular formula is C26H41F3N8O9. The van der Waals surface area contributed by atoms with Gasteiger partial charge in [0, 0.05) is 38.6 Å². The van der Waals surface area contributed by atoms with Gasteiger partial charge in [-0.25, -0.2) is 9.59 Å². The fraction of sp³-hybridized carbons (Fsp3) is 0.615. The number of esters is 1. The van der Waals surface area contributed by atoms with Crippen molar-refractivity contribution in [2.45, 2.75) is 83.2 Å². The maximum atomic E-state index is 13.1. The number of primary amides is 1. The first-order valence-corrected chi connectivity index (χ1v) is 14.0. The number of hydrogen-bond donors (Lipinski definition) is 7. The zero-order chi connectivity index (χ0) is 35.6. The van der Waals surface area contributed by atoms with Crippen molar-refractivity contribution in [3.05, 3.63) is 12.2 Å². The summed E-state index contributed by atoms with van der Waals surface area (Å²) < 4.78 is 36.6. The molecule has 10 N–H and O–H groups in total. The lowest BCUT2D eigenvalue weighted by Crippen LogP contribution is -2.56. The summed E-state index contributed by atoms with van der Waals surface area (Å²) in [5.41, 5.74) is 15.9. The minimum Gasteiger partial charge on any atom is -0.475 e. The highest BCUT2D eigenvalue weighted by Gasteiger charge is 2.38. The first kappa shape index (κ1) is 41.1. The number of hydrogen-bond acceptors (Lipinski definition) is 9. The van der Waals surface area contributed by atoms with E-state index >= 15 is 0 Å². The predicted octanol–water partition coefficient (Wildman–Crippen LogP) is -1.85. The number of alkyl halides is 3. The molecule has 1 saturated heterocycles. The molecule has 0 aromatic carbocycles. The van der Waals surface area contributed by atoms with Crippen molar-refractivity contribution in [2.75, 3.05) is 19.7 Å². The van der Waals surface area contributed by atoms with E-state index in [4.69, 9.17) is 31.8 Å². The summed E-state index contributed by atoms with van der Waals surface area (Å²) in [6.07, 6.45) is -1.44. The lowest BCUT2D eigenvalue weighted by molar-refractivity contribution is -0.192. The number of carbonyl (C=O) groups is 7. The minimum atomic E-state index is -5.08. The van der Waals surface area contributed by atoms with E-state index < -0.39 is 65.9 Å². The third-order valence-corrected chi connectivity index (χ3v) is 6.08. The first-order chi connectivity index (χ1) is 21.3. The number of nitrogens with two attached hydrogens (primary N) is 3. The number of likely N-dealkylation sites (tertiary alicyclic amines) is 1. The first-order valence-electron chi connectivity index (χ1n) is 14.0. The van der Waals surface area contributed by atoms with E-state index in [0.717, 1.165) is 6.08 Å². The molecule has 20 heteroatoms. The molecule has 0 aliphatic carbocycles. The molecule has 0 aromatic heterocycles. The van der Waals surface area contributed by atoms with Gasteiger partial charge in [-0.05, 0) is 39.5 Å². The van der Waals surface area contributed by atoms with Gasteiger partial charge in [-0.1, -0.05) is 6.08 Å². The monoisotopic (exact) mass is 666 g/mol. The van der Waals surface area contributed by atoms with Gasteiger partial charge in [-0.3, -0.25) is 29.0 Å². The Morgan fingerprint density at radius 3 is 2.15 bits per heavy atom. The lowest BCUT2D eigenvalue weighted by atomic mass is 10.1. The number of carbonyl (C=O) groups excluding carboxylic acids is 6. The molecule has 0 unspecified atom stereocenters. The number of guanidine groups is 1. The number of ether oxygens (including phenoxy) is 1. The van der Waals surface area contributed by atoms with Gasteiger partial charge in [-0.2, -0.15) is 13.2 Å². The average molecular weight is 667 g/mol. The molecule has 5 amide bonds. The van der Waals surface area contributed by atoms with Crippen LogP contribution in [0.1, 0.15) is 52.9 Å². The van der Waals surface area contributed by atoms with Gasteiger partial charge in [0.05, 0.1) is 6.61 Å². The van der Waals surface area contributed by atoms with Gasteiger partial charge in [0.15, 0.2) is 5.96 Å². The summed E-state index contributed by atoms with van der Waals surface area (Å²) in [5.74, 6) is -6.20. The third-order valence-electron chi connectivity index (χ3n) is 6.08. The van der Waals surface area contributed by atoms with Crippen LogP contribution in [0.5, 0.6) is 0 Å². The van der Waals surface area contributed by atoms with Crippen LogP contribution >= 0.6 is 0 Å². The number of aliphatic imine (C=N–C) groups is 1. The van der Waals surface area contributed by atoms with Gasteiger partial charge in [-0.15, -0.1) is 0 Å². The van der Waals surface area contributed by atoms with Crippen LogP contribution in [0.15, 0.2) is 17.1 Å². The Morgan fingerprint density at radius 1 is 1.04 bits per heavy atom. The average Bonchev–Trinajstić information content (AvgIpc) is 3.44. The molecular weight excluding hydrogens is 625 g/mol. The molecule has 0 radical (unpaired) electrons. The highest BCUT2D eigenvalue weighted by molar-refractivity contribution is 5.94. The van der Waals surface area contributed by atoms with Crippen LogP contribution in [0.2, 0.25) is 0 Å². The van der Waals surface area contributed by atoms with Crippen LogP contribution in [0.3, 0.4) is 0 Å². The number of amides is 5. The second-order valence-electron chi connectivity index (χ2n) is 9.79. The molecule has 46 heavy (non-hydrogen) atoms. The highest BCUT2D eigenvalue weighted by atomic mass is 19.4. The Morgan fingerprint density at radius 2 is 1.65 bits per heavy atom. The van der Waals surface area contributed by atoms with Gasteiger partial charge >= 0.3 is 18.1 Å². The lowest BCUT2D eigenvalue weighted by Gasteiger charge is -2.26. The third kappa shape index (κ3) is 16.8. The van der Waals surface area contributed by atoms with E-state index in [0.29, 0.717) is 19.4 Å². The number of carboxylic acid groups (broad SMARTS) is 1. The summed E-state index contributed by atoms with van der Waals surface area (Å²) in [7, 11) is 0. The maximum absolute atomic E-state index is 13.1. The largest absolute Gasteiger partial charge is 0.490 e. The Bertz CT molecular complexity index is 1160. The molecule has 17 nitrogen and oxygen atoms in total. The van der Waals surface area contributed by atoms with E-state index in [1.807, 2.05) is 0 Å². The van der Waals surface area contributed by atoms with Crippen LogP contribution in [-0.4, -0.2) is 107 Å². The molecule has 1 rings (SSSR count). The topological polar surface area (TPSA) is 279 Å². The van der Waals surface area contributed by atoms with Gasteiger partial charge in [0.2, 0.25) is 29.5 Å². The fourth-order valence-electron chi connectivity index (χ4n) is 3.86. The highest BCUT2D eigenvalue weighted by Crippen LogP contribution is 2.17. The Hall–Kier alpha value is -4.91. The zero-order valence-corrected chi connectivity index (χ0v) is 25.6. The van der Waals surface area contributed by atoms with Gasteiger partial charge < -0.3 is 47.9 Å².